The second-order valence-corrected chi connectivity index (χ2v) is 4.59. The molecule has 0 aliphatic rings. The lowest BCUT2D eigenvalue weighted by molar-refractivity contribution is 0.466. The third-order valence-electron chi connectivity index (χ3n) is 2.64. The Morgan fingerprint density at radius 2 is 2.20 bits per heavy atom. The lowest BCUT2D eigenvalue weighted by atomic mass is 10.1. The van der Waals surface area contributed by atoms with Crippen molar-refractivity contribution in [3.05, 3.63) is 34.2 Å². The second kappa shape index (κ2) is 6.01. The van der Waals surface area contributed by atoms with E-state index in [1.165, 1.54) is 0 Å². The maximum absolute atomic E-state index is 11.6. The molecular weight excluding hydrogens is 206 g/mol. The molecule has 1 atom stereocenters. The molecule has 1 aromatic rings. The van der Waals surface area contributed by atoms with Crippen LogP contribution in [0, 0.1) is 12.8 Å². The van der Waals surface area contributed by atoms with Crippen molar-refractivity contribution in [1.82, 2.24) is 4.57 Å². The maximum atomic E-state index is 11.6. The Morgan fingerprint density at radius 3 is 2.80 bits per heavy atom. The van der Waals surface area contributed by atoms with Gasteiger partial charge >= 0.3 is 0 Å². The summed E-state index contributed by atoms with van der Waals surface area (Å²) in [7, 11) is 0. The van der Waals surface area contributed by atoms with Gasteiger partial charge in [-0.15, -0.1) is 0 Å². The molecule has 0 aliphatic heterocycles. The van der Waals surface area contributed by atoms with Crippen LogP contribution in [0.25, 0.3) is 0 Å². The highest BCUT2D eigenvalue weighted by atomic mass is 32.1. The minimum Gasteiger partial charge on any atom is -0.316 e. The molecule has 84 valence electrons. The average Bonchev–Trinajstić information content (AvgIpc) is 2.17. The Balaban J connectivity index is 2.54. The third kappa shape index (κ3) is 4.12. The summed E-state index contributed by atoms with van der Waals surface area (Å²) in [5.41, 5.74) is 1.13. The van der Waals surface area contributed by atoms with Crippen molar-refractivity contribution in [2.75, 3.05) is 5.75 Å². The molecule has 2 nitrogen and oxygen atoms in total. The van der Waals surface area contributed by atoms with E-state index in [4.69, 9.17) is 0 Å². The largest absolute Gasteiger partial charge is 0.316 e. The molecular formula is C12H19NOS. The second-order valence-electron chi connectivity index (χ2n) is 4.14. The number of aryl methyl sites for hydroxylation is 2. The van der Waals surface area contributed by atoms with Crippen LogP contribution in [0.4, 0.5) is 0 Å². The Morgan fingerprint density at radius 1 is 1.47 bits per heavy atom. The summed E-state index contributed by atoms with van der Waals surface area (Å²) in [6.07, 6.45) is 4.04. The Labute approximate surface area is 96.7 Å². The molecule has 0 saturated heterocycles. The van der Waals surface area contributed by atoms with E-state index < -0.39 is 0 Å². The van der Waals surface area contributed by atoms with Crippen molar-refractivity contribution in [3.63, 3.8) is 0 Å². The zero-order valence-corrected chi connectivity index (χ0v) is 10.3. The first kappa shape index (κ1) is 12.4. The molecule has 1 heterocycles. The molecule has 0 amide bonds. The predicted octanol–water partition coefficient (Wildman–Crippen LogP) is 2.50. The molecule has 0 aromatic carbocycles. The minimum atomic E-state index is 0.105. The number of rotatable bonds is 5. The number of thiol groups is 1. The first-order valence-corrected chi connectivity index (χ1v) is 6.04. The van der Waals surface area contributed by atoms with Crippen LogP contribution in [0.1, 0.15) is 25.3 Å². The summed E-state index contributed by atoms with van der Waals surface area (Å²) < 4.78 is 1.78. The lowest BCUT2D eigenvalue weighted by Crippen LogP contribution is -2.19. The molecule has 3 heteroatoms. The number of nitrogens with zero attached hydrogens (tertiary/aromatic N) is 1. The van der Waals surface area contributed by atoms with Gasteiger partial charge in [-0.3, -0.25) is 4.79 Å². The summed E-state index contributed by atoms with van der Waals surface area (Å²) in [4.78, 5) is 11.6. The minimum absolute atomic E-state index is 0.105. The van der Waals surface area contributed by atoms with Crippen LogP contribution in [0.2, 0.25) is 0 Å². The fraction of sp³-hybridized carbons (Fsp3) is 0.583. The van der Waals surface area contributed by atoms with Gasteiger partial charge in [0.1, 0.15) is 0 Å². The molecule has 0 radical (unpaired) electrons. The van der Waals surface area contributed by atoms with Crippen molar-refractivity contribution in [2.24, 2.45) is 5.92 Å². The normalized spacial score (nSPS) is 12.7. The van der Waals surface area contributed by atoms with Crippen molar-refractivity contribution in [2.45, 2.75) is 33.2 Å². The predicted molar refractivity (Wildman–Crippen MR) is 67.7 cm³/mol. The van der Waals surface area contributed by atoms with Crippen LogP contribution < -0.4 is 5.56 Å². The van der Waals surface area contributed by atoms with Gasteiger partial charge in [-0.1, -0.05) is 6.92 Å². The Hall–Kier alpha value is -0.700. The van der Waals surface area contributed by atoms with Gasteiger partial charge in [-0.05, 0) is 43.1 Å². The van der Waals surface area contributed by atoms with E-state index in [1.807, 2.05) is 19.2 Å². The summed E-state index contributed by atoms with van der Waals surface area (Å²) >= 11 is 4.21. The SMILES string of the molecule is Cc1ccn(CCC(C)CCS)c(=O)c1. The van der Waals surface area contributed by atoms with E-state index in [1.54, 1.807) is 10.6 Å². The Kier molecular flexibility index (Phi) is 4.95. The molecule has 0 saturated carbocycles. The lowest BCUT2D eigenvalue weighted by Gasteiger charge is -2.11. The summed E-state index contributed by atoms with van der Waals surface area (Å²) in [6, 6.07) is 3.66. The van der Waals surface area contributed by atoms with E-state index in [9.17, 15) is 4.79 Å². The van der Waals surface area contributed by atoms with Gasteiger partial charge in [0.05, 0.1) is 0 Å². The zero-order valence-electron chi connectivity index (χ0n) is 9.44. The third-order valence-corrected chi connectivity index (χ3v) is 2.89. The first-order chi connectivity index (χ1) is 7.13. The number of hydrogen-bond acceptors (Lipinski definition) is 2. The average molecular weight is 225 g/mol. The van der Waals surface area contributed by atoms with Crippen LogP contribution in [0.5, 0.6) is 0 Å². The van der Waals surface area contributed by atoms with Crippen LogP contribution in [0.3, 0.4) is 0 Å². The van der Waals surface area contributed by atoms with E-state index in [0.717, 1.165) is 30.7 Å². The number of aromatic nitrogens is 1. The molecule has 0 spiro atoms. The highest BCUT2D eigenvalue weighted by molar-refractivity contribution is 7.80. The standard InChI is InChI=1S/C12H19NOS/c1-10(5-8-15)3-6-13-7-4-11(2)9-12(13)14/h4,7,9-10,15H,3,5-6,8H2,1-2H3. The Bertz CT molecular complexity index is 359. The molecule has 0 aliphatic carbocycles. The van der Waals surface area contributed by atoms with Crippen LogP contribution in [-0.4, -0.2) is 10.3 Å². The van der Waals surface area contributed by atoms with Gasteiger partial charge in [0, 0.05) is 18.8 Å². The van der Waals surface area contributed by atoms with Gasteiger partial charge in [0.15, 0.2) is 0 Å². The van der Waals surface area contributed by atoms with Crippen molar-refractivity contribution >= 4 is 12.6 Å². The van der Waals surface area contributed by atoms with E-state index in [2.05, 4.69) is 19.6 Å². The van der Waals surface area contributed by atoms with Gasteiger partial charge in [-0.25, -0.2) is 0 Å². The zero-order chi connectivity index (χ0) is 11.3. The van der Waals surface area contributed by atoms with Gasteiger partial charge in [0.25, 0.3) is 5.56 Å². The smallest absolute Gasteiger partial charge is 0.250 e. The highest BCUT2D eigenvalue weighted by Gasteiger charge is 2.02. The molecule has 0 fully saturated rings. The van der Waals surface area contributed by atoms with Crippen LogP contribution >= 0.6 is 12.6 Å². The fourth-order valence-corrected chi connectivity index (χ4v) is 1.96. The summed E-state index contributed by atoms with van der Waals surface area (Å²) in [5.74, 6) is 1.56. The first-order valence-electron chi connectivity index (χ1n) is 5.41. The molecule has 1 aromatic heterocycles. The van der Waals surface area contributed by atoms with E-state index in [-0.39, 0.29) is 5.56 Å². The quantitative estimate of drug-likeness (QED) is 0.764. The number of hydrogen-bond donors (Lipinski definition) is 1. The monoisotopic (exact) mass is 225 g/mol. The molecule has 0 N–H and O–H groups in total. The topological polar surface area (TPSA) is 22.0 Å². The van der Waals surface area contributed by atoms with Crippen LogP contribution in [0.15, 0.2) is 23.1 Å². The molecule has 15 heavy (non-hydrogen) atoms. The van der Waals surface area contributed by atoms with Gasteiger partial charge < -0.3 is 4.57 Å². The van der Waals surface area contributed by atoms with Crippen molar-refractivity contribution in [3.8, 4) is 0 Å². The summed E-state index contributed by atoms with van der Waals surface area (Å²) in [6.45, 7) is 4.96. The van der Waals surface area contributed by atoms with E-state index >= 15 is 0 Å². The maximum Gasteiger partial charge on any atom is 0.250 e. The number of pyridine rings is 1. The summed E-state index contributed by atoms with van der Waals surface area (Å²) in [5, 5.41) is 0. The van der Waals surface area contributed by atoms with Crippen molar-refractivity contribution < 1.29 is 0 Å². The molecule has 1 rings (SSSR count). The molecule has 1 unspecified atom stereocenters. The van der Waals surface area contributed by atoms with Gasteiger partial charge in [0.2, 0.25) is 0 Å². The fourth-order valence-electron chi connectivity index (χ4n) is 1.52. The van der Waals surface area contributed by atoms with Crippen LogP contribution in [-0.2, 0) is 6.54 Å². The highest BCUT2D eigenvalue weighted by Crippen LogP contribution is 2.09. The van der Waals surface area contributed by atoms with Gasteiger partial charge in [-0.2, -0.15) is 12.6 Å². The molecule has 0 bridgehead atoms. The van der Waals surface area contributed by atoms with Crippen molar-refractivity contribution in [1.29, 1.82) is 0 Å². The van der Waals surface area contributed by atoms with E-state index in [0.29, 0.717) is 5.92 Å².